The number of anilines is 2. The van der Waals surface area contributed by atoms with Gasteiger partial charge in [-0.05, 0) is 18.6 Å². The minimum Gasteiger partial charge on any atom is -0.454 e. The number of hydrogen-bond donors (Lipinski definition) is 1. The predicted molar refractivity (Wildman–Crippen MR) is 67.3 cm³/mol. The summed E-state index contributed by atoms with van der Waals surface area (Å²) < 4.78 is 10.6. The summed E-state index contributed by atoms with van der Waals surface area (Å²) in [5.74, 6) is 1.58. The molecule has 1 aromatic carbocycles. The zero-order valence-electron chi connectivity index (χ0n) is 9.40. The van der Waals surface area contributed by atoms with Crippen molar-refractivity contribution in [2.45, 2.75) is 13.3 Å². The maximum atomic E-state index is 5.32. The number of thiazole rings is 1. The summed E-state index contributed by atoms with van der Waals surface area (Å²) in [6, 6.07) is 5.79. The molecule has 0 amide bonds. The van der Waals surface area contributed by atoms with Crippen molar-refractivity contribution in [3.8, 4) is 11.5 Å². The molecule has 88 valence electrons. The lowest BCUT2D eigenvalue weighted by Crippen LogP contribution is -1.93. The Morgan fingerprint density at radius 1 is 1.35 bits per heavy atom. The van der Waals surface area contributed by atoms with Crippen molar-refractivity contribution < 1.29 is 9.47 Å². The zero-order chi connectivity index (χ0) is 11.7. The third-order valence-electron chi connectivity index (χ3n) is 2.54. The van der Waals surface area contributed by atoms with Crippen LogP contribution >= 0.6 is 11.3 Å². The summed E-state index contributed by atoms with van der Waals surface area (Å²) in [5, 5.41) is 6.23. The highest BCUT2D eigenvalue weighted by Gasteiger charge is 2.13. The molecule has 1 aromatic heterocycles. The molecule has 0 bridgehead atoms. The van der Waals surface area contributed by atoms with Crippen LogP contribution in [0.2, 0.25) is 0 Å². The van der Waals surface area contributed by atoms with Crippen LogP contribution in [0, 0.1) is 0 Å². The average Bonchev–Trinajstić information content (AvgIpc) is 2.96. The van der Waals surface area contributed by atoms with Gasteiger partial charge in [0.05, 0.1) is 5.69 Å². The van der Waals surface area contributed by atoms with Crippen LogP contribution in [0.1, 0.15) is 12.6 Å². The van der Waals surface area contributed by atoms with Crippen LogP contribution < -0.4 is 14.8 Å². The number of ether oxygens (including phenoxy) is 2. The fourth-order valence-corrected chi connectivity index (χ4v) is 2.44. The van der Waals surface area contributed by atoms with Gasteiger partial charge in [0, 0.05) is 17.1 Å². The van der Waals surface area contributed by atoms with Crippen LogP contribution in [0.25, 0.3) is 0 Å². The monoisotopic (exact) mass is 248 g/mol. The first-order chi connectivity index (χ1) is 8.35. The molecule has 0 atom stereocenters. The van der Waals surface area contributed by atoms with E-state index in [4.69, 9.17) is 9.47 Å². The molecule has 0 aliphatic carbocycles. The number of nitrogens with one attached hydrogen (secondary N) is 1. The lowest BCUT2D eigenvalue weighted by molar-refractivity contribution is 0.174. The number of fused-ring (bicyclic) bond motifs is 1. The summed E-state index contributed by atoms with van der Waals surface area (Å²) >= 11 is 1.61. The number of hydrogen-bond acceptors (Lipinski definition) is 5. The average molecular weight is 248 g/mol. The van der Waals surface area contributed by atoms with E-state index in [1.807, 2.05) is 18.2 Å². The van der Waals surface area contributed by atoms with Crippen LogP contribution in [0.5, 0.6) is 11.5 Å². The van der Waals surface area contributed by atoms with Gasteiger partial charge in [0.1, 0.15) is 0 Å². The Morgan fingerprint density at radius 2 is 2.24 bits per heavy atom. The molecule has 2 heterocycles. The fourth-order valence-electron chi connectivity index (χ4n) is 1.62. The summed E-state index contributed by atoms with van der Waals surface area (Å²) in [6.45, 7) is 2.40. The van der Waals surface area contributed by atoms with Gasteiger partial charge in [0.2, 0.25) is 6.79 Å². The quantitative estimate of drug-likeness (QED) is 0.906. The second-order valence-electron chi connectivity index (χ2n) is 3.69. The van der Waals surface area contributed by atoms with Gasteiger partial charge in [-0.2, -0.15) is 0 Å². The third kappa shape index (κ3) is 2.06. The highest BCUT2D eigenvalue weighted by atomic mass is 32.1. The molecular formula is C12H12N2O2S. The second kappa shape index (κ2) is 4.25. The van der Waals surface area contributed by atoms with E-state index in [1.54, 1.807) is 11.3 Å². The van der Waals surface area contributed by atoms with E-state index in [1.165, 1.54) is 0 Å². The number of nitrogens with zero attached hydrogens (tertiary/aromatic N) is 1. The number of aryl methyl sites for hydroxylation is 1. The van der Waals surface area contributed by atoms with Crippen molar-refractivity contribution in [1.82, 2.24) is 4.98 Å². The summed E-state index contributed by atoms with van der Waals surface area (Å²) in [4.78, 5) is 4.45. The van der Waals surface area contributed by atoms with Crippen LogP contribution in [-0.4, -0.2) is 11.8 Å². The summed E-state index contributed by atoms with van der Waals surface area (Å²) in [7, 11) is 0. The zero-order valence-corrected chi connectivity index (χ0v) is 10.2. The van der Waals surface area contributed by atoms with Crippen LogP contribution in [0.3, 0.4) is 0 Å². The van der Waals surface area contributed by atoms with Crippen molar-refractivity contribution in [3.05, 3.63) is 29.3 Å². The van der Waals surface area contributed by atoms with Gasteiger partial charge in [0.15, 0.2) is 16.6 Å². The van der Waals surface area contributed by atoms with E-state index < -0.39 is 0 Å². The number of rotatable bonds is 3. The van der Waals surface area contributed by atoms with Crippen molar-refractivity contribution in [2.24, 2.45) is 0 Å². The first-order valence-corrected chi connectivity index (χ1v) is 6.34. The molecule has 1 aliphatic rings. The Hall–Kier alpha value is -1.75. The van der Waals surface area contributed by atoms with Gasteiger partial charge in [0.25, 0.3) is 0 Å². The van der Waals surface area contributed by atoms with Crippen molar-refractivity contribution >= 4 is 22.2 Å². The van der Waals surface area contributed by atoms with Gasteiger partial charge in [-0.25, -0.2) is 4.98 Å². The lowest BCUT2D eigenvalue weighted by Gasteiger charge is -2.03. The molecule has 17 heavy (non-hydrogen) atoms. The topological polar surface area (TPSA) is 43.4 Å². The Bertz CT molecular complexity index is 539. The highest BCUT2D eigenvalue weighted by Crippen LogP contribution is 2.35. The Kier molecular flexibility index (Phi) is 2.60. The van der Waals surface area contributed by atoms with E-state index in [0.717, 1.165) is 34.4 Å². The lowest BCUT2D eigenvalue weighted by atomic mass is 10.3. The first kappa shape index (κ1) is 10.4. The van der Waals surface area contributed by atoms with Gasteiger partial charge in [-0.3, -0.25) is 0 Å². The Labute approximate surface area is 103 Å². The maximum absolute atomic E-state index is 5.32. The molecule has 0 spiro atoms. The largest absolute Gasteiger partial charge is 0.454 e. The molecule has 4 nitrogen and oxygen atoms in total. The van der Waals surface area contributed by atoms with Crippen LogP contribution in [0.4, 0.5) is 10.8 Å². The van der Waals surface area contributed by atoms with Crippen molar-refractivity contribution in [1.29, 1.82) is 0 Å². The summed E-state index contributed by atoms with van der Waals surface area (Å²) in [6.07, 6.45) is 0.958. The van der Waals surface area contributed by atoms with Gasteiger partial charge in [-0.15, -0.1) is 11.3 Å². The molecule has 0 fully saturated rings. The van der Waals surface area contributed by atoms with E-state index in [9.17, 15) is 0 Å². The minimum absolute atomic E-state index is 0.302. The third-order valence-corrected chi connectivity index (χ3v) is 3.34. The van der Waals surface area contributed by atoms with Gasteiger partial charge < -0.3 is 14.8 Å². The van der Waals surface area contributed by atoms with Crippen molar-refractivity contribution in [3.63, 3.8) is 0 Å². The molecule has 0 saturated carbocycles. The van der Waals surface area contributed by atoms with Crippen molar-refractivity contribution in [2.75, 3.05) is 12.1 Å². The van der Waals surface area contributed by atoms with E-state index in [-0.39, 0.29) is 0 Å². The highest BCUT2D eigenvalue weighted by molar-refractivity contribution is 7.13. The molecule has 1 N–H and O–H groups in total. The molecule has 0 radical (unpaired) electrons. The molecular weight excluding hydrogens is 236 g/mol. The van der Waals surface area contributed by atoms with E-state index >= 15 is 0 Å². The molecule has 0 unspecified atom stereocenters. The minimum atomic E-state index is 0.302. The first-order valence-electron chi connectivity index (χ1n) is 5.46. The normalized spacial score (nSPS) is 12.8. The number of aromatic nitrogens is 1. The van der Waals surface area contributed by atoms with Gasteiger partial charge in [-0.1, -0.05) is 6.92 Å². The Morgan fingerprint density at radius 3 is 3.06 bits per heavy atom. The number of benzene rings is 1. The SMILES string of the molecule is CCc1csc(Nc2ccc3c(c2)OCO3)n1. The molecule has 5 heteroatoms. The fraction of sp³-hybridized carbons (Fsp3) is 0.250. The van der Waals surface area contributed by atoms with E-state index in [2.05, 4.69) is 22.6 Å². The molecule has 2 aromatic rings. The maximum Gasteiger partial charge on any atom is 0.231 e. The van der Waals surface area contributed by atoms with Gasteiger partial charge >= 0.3 is 0 Å². The molecule has 3 rings (SSSR count). The molecule has 0 saturated heterocycles. The Balaban J connectivity index is 1.80. The van der Waals surface area contributed by atoms with Crippen LogP contribution in [0.15, 0.2) is 23.6 Å². The smallest absolute Gasteiger partial charge is 0.231 e. The predicted octanol–water partition coefficient (Wildman–Crippen LogP) is 3.18. The molecule has 1 aliphatic heterocycles. The standard InChI is InChI=1S/C12H12N2O2S/c1-2-8-6-17-12(13-8)14-9-3-4-10-11(5-9)16-7-15-10/h3-6H,2,7H2,1H3,(H,13,14). The van der Waals surface area contributed by atoms with E-state index in [0.29, 0.717) is 6.79 Å². The second-order valence-corrected chi connectivity index (χ2v) is 4.55. The van der Waals surface area contributed by atoms with Crippen LogP contribution in [-0.2, 0) is 6.42 Å². The summed E-state index contributed by atoms with van der Waals surface area (Å²) in [5.41, 5.74) is 2.07.